The molecule has 12 heavy (non-hydrogen) atoms. The van der Waals surface area contributed by atoms with Gasteiger partial charge in [0.2, 0.25) is 0 Å². The van der Waals surface area contributed by atoms with Gasteiger partial charge in [0.15, 0.2) is 0 Å². The van der Waals surface area contributed by atoms with E-state index in [9.17, 15) is 9.18 Å². The molecule has 0 heterocycles. The normalized spacial score (nSPS) is 9.50. The number of carbonyl (C=O) groups is 1. The van der Waals surface area contributed by atoms with E-state index >= 15 is 0 Å². The Morgan fingerprint density at radius 1 is 1.58 bits per heavy atom. The molecule has 1 aromatic rings. The van der Waals surface area contributed by atoms with E-state index in [1.54, 1.807) is 7.85 Å². The first-order chi connectivity index (χ1) is 5.65. The maximum Gasteiger partial charge on any atom is 0.337 e. The summed E-state index contributed by atoms with van der Waals surface area (Å²) in [4.78, 5) is 11.0. The number of hydrogen-bond acceptors (Lipinski definition) is 2. The van der Waals surface area contributed by atoms with Crippen molar-refractivity contribution in [1.82, 2.24) is 0 Å². The highest BCUT2D eigenvalue weighted by atomic mass is 19.1. The van der Waals surface area contributed by atoms with Crippen molar-refractivity contribution in [3.63, 3.8) is 0 Å². The van der Waals surface area contributed by atoms with Crippen molar-refractivity contribution in [1.29, 1.82) is 0 Å². The highest BCUT2D eigenvalue weighted by Gasteiger charge is 2.08. The highest BCUT2D eigenvalue weighted by Crippen LogP contribution is 2.00. The monoisotopic (exact) mass is 166 g/mol. The Hall–Kier alpha value is -1.32. The van der Waals surface area contributed by atoms with Crippen LogP contribution in [0.4, 0.5) is 4.39 Å². The lowest BCUT2D eigenvalue weighted by molar-refractivity contribution is 0.0602. The largest absolute Gasteiger partial charge is 0.465 e. The van der Waals surface area contributed by atoms with Crippen molar-refractivity contribution in [3.8, 4) is 0 Å². The van der Waals surface area contributed by atoms with Crippen LogP contribution in [0.1, 0.15) is 10.4 Å². The first kappa shape index (κ1) is 8.78. The van der Waals surface area contributed by atoms with Crippen LogP contribution < -0.4 is 5.46 Å². The maximum absolute atomic E-state index is 12.6. The maximum atomic E-state index is 12.6. The molecule has 0 N–H and O–H groups in total. The predicted molar refractivity (Wildman–Crippen MR) is 45.9 cm³/mol. The summed E-state index contributed by atoms with van der Waals surface area (Å²) in [5.41, 5.74) is 0.987. The third kappa shape index (κ3) is 1.64. The number of carbonyl (C=O) groups excluding carboxylic acids is 1. The van der Waals surface area contributed by atoms with E-state index < -0.39 is 5.97 Å². The molecule has 0 aliphatic carbocycles. The van der Waals surface area contributed by atoms with Gasteiger partial charge in [0.05, 0.1) is 12.7 Å². The molecular formula is C8H8BFO2. The summed E-state index contributed by atoms with van der Waals surface area (Å²) >= 11 is 0. The van der Waals surface area contributed by atoms with Gasteiger partial charge in [-0.1, -0.05) is 5.46 Å². The summed E-state index contributed by atoms with van der Waals surface area (Å²) in [6.45, 7) is 0. The zero-order chi connectivity index (χ0) is 9.14. The molecule has 1 aromatic carbocycles. The van der Waals surface area contributed by atoms with Crippen molar-refractivity contribution in [3.05, 3.63) is 29.6 Å². The first-order valence-electron chi connectivity index (χ1n) is 3.49. The molecular weight excluding hydrogens is 158 g/mol. The molecule has 0 saturated carbocycles. The van der Waals surface area contributed by atoms with Crippen LogP contribution in [0.2, 0.25) is 0 Å². The van der Waals surface area contributed by atoms with Crippen molar-refractivity contribution in [2.75, 3.05) is 7.11 Å². The first-order valence-corrected chi connectivity index (χ1v) is 3.49. The van der Waals surface area contributed by atoms with E-state index in [2.05, 4.69) is 4.74 Å². The van der Waals surface area contributed by atoms with Gasteiger partial charge in [-0.05, 0) is 18.2 Å². The van der Waals surface area contributed by atoms with Crippen LogP contribution in [-0.4, -0.2) is 20.9 Å². The van der Waals surface area contributed by atoms with Gasteiger partial charge in [-0.2, -0.15) is 0 Å². The van der Waals surface area contributed by atoms with Gasteiger partial charge in [0.25, 0.3) is 0 Å². The number of halogens is 1. The molecule has 0 unspecified atom stereocenters. The standard InChI is InChI=1S/C8H8BFO2/c1-12-8(11)6-3-2-5(10)4-7(6)9/h2-4H,9H2,1H3. The van der Waals surface area contributed by atoms with E-state index in [0.29, 0.717) is 11.0 Å². The van der Waals surface area contributed by atoms with Crippen LogP contribution in [-0.2, 0) is 4.74 Å². The molecule has 0 fully saturated rings. The summed E-state index contributed by atoms with van der Waals surface area (Å²) in [5.74, 6) is -0.785. The van der Waals surface area contributed by atoms with Gasteiger partial charge in [0.1, 0.15) is 13.7 Å². The van der Waals surface area contributed by atoms with Crippen LogP contribution >= 0.6 is 0 Å². The fourth-order valence-corrected chi connectivity index (χ4v) is 0.966. The Morgan fingerprint density at radius 3 is 2.75 bits per heavy atom. The number of rotatable bonds is 1. The van der Waals surface area contributed by atoms with Crippen molar-refractivity contribution in [2.24, 2.45) is 0 Å². The van der Waals surface area contributed by atoms with E-state index in [4.69, 9.17) is 0 Å². The van der Waals surface area contributed by atoms with E-state index in [-0.39, 0.29) is 5.82 Å². The molecule has 1 rings (SSSR count). The van der Waals surface area contributed by atoms with Crippen molar-refractivity contribution < 1.29 is 13.9 Å². The summed E-state index contributed by atoms with van der Waals surface area (Å²) < 4.78 is 17.1. The smallest absolute Gasteiger partial charge is 0.337 e. The lowest BCUT2D eigenvalue weighted by atomic mass is 9.90. The minimum Gasteiger partial charge on any atom is -0.465 e. The van der Waals surface area contributed by atoms with Gasteiger partial charge in [-0.3, -0.25) is 0 Å². The van der Waals surface area contributed by atoms with Crippen LogP contribution in [0.25, 0.3) is 0 Å². The molecule has 0 saturated heterocycles. The Balaban J connectivity index is 3.09. The van der Waals surface area contributed by atoms with Gasteiger partial charge < -0.3 is 4.74 Å². The molecule has 0 spiro atoms. The quantitative estimate of drug-likeness (QED) is 0.429. The van der Waals surface area contributed by atoms with Gasteiger partial charge in [-0.15, -0.1) is 0 Å². The fraction of sp³-hybridized carbons (Fsp3) is 0.125. The Bertz CT molecular complexity index is 312. The second kappa shape index (κ2) is 3.39. The number of benzene rings is 1. The predicted octanol–water partition coefficient (Wildman–Crippen LogP) is -0.129. The molecule has 0 aromatic heterocycles. The van der Waals surface area contributed by atoms with Crippen LogP contribution in [0.5, 0.6) is 0 Å². The van der Waals surface area contributed by atoms with Crippen LogP contribution in [0.15, 0.2) is 18.2 Å². The zero-order valence-electron chi connectivity index (χ0n) is 6.93. The third-order valence-electron chi connectivity index (χ3n) is 1.59. The summed E-state index contributed by atoms with van der Waals surface area (Å²) in [5, 5.41) is 0. The summed E-state index contributed by atoms with van der Waals surface area (Å²) in [6.07, 6.45) is 0. The molecule has 4 heteroatoms. The average Bonchev–Trinajstić information content (AvgIpc) is 2.03. The number of ether oxygens (including phenoxy) is 1. The molecule has 2 nitrogen and oxygen atoms in total. The minimum absolute atomic E-state index is 0.347. The van der Waals surface area contributed by atoms with Gasteiger partial charge in [0, 0.05) is 0 Å². The molecule has 0 aliphatic heterocycles. The van der Waals surface area contributed by atoms with Gasteiger partial charge in [-0.25, -0.2) is 9.18 Å². The second-order valence-corrected chi connectivity index (χ2v) is 2.45. The van der Waals surface area contributed by atoms with Crippen LogP contribution in [0.3, 0.4) is 0 Å². The SMILES string of the molecule is Bc1cc(F)ccc1C(=O)OC. The molecule has 0 radical (unpaired) electrons. The van der Waals surface area contributed by atoms with Crippen LogP contribution in [0, 0.1) is 5.82 Å². The summed E-state index contributed by atoms with van der Waals surface area (Å²) in [6, 6.07) is 3.95. The summed E-state index contributed by atoms with van der Waals surface area (Å²) in [7, 11) is 2.96. The number of hydrogen-bond donors (Lipinski definition) is 0. The molecule has 0 aliphatic rings. The number of esters is 1. The molecule has 0 atom stereocenters. The topological polar surface area (TPSA) is 26.3 Å². The average molecular weight is 166 g/mol. The van der Waals surface area contributed by atoms with Crippen molar-refractivity contribution >= 4 is 19.3 Å². The highest BCUT2D eigenvalue weighted by molar-refractivity contribution is 6.36. The van der Waals surface area contributed by atoms with Gasteiger partial charge >= 0.3 is 5.97 Å². The van der Waals surface area contributed by atoms with E-state index in [1.807, 2.05) is 0 Å². The minimum atomic E-state index is -0.438. The third-order valence-corrected chi connectivity index (χ3v) is 1.59. The lowest BCUT2D eigenvalue weighted by Crippen LogP contribution is -2.17. The van der Waals surface area contributed by atoms with Crippen molar-refractivity contribution in [2.45, 2.75) is 0 Å². The molecule has 0 bridgehead atoms. The Morgan fingerprint density at radius 2 is 2.25 bits per heavy atom. The Kier molecular flexibility index (Phi) is 2.48. The zero-order valence-corrected chi connectivity index (χ0v) is 6.93. The molecule has 62 valence electrons. The molecule has 0 amide bonds. The second-order valence-electron chi connectivity index (χ2n) is 2.45. The lowest BCUT2D eigenvalue weighted by Gasteiger charge is -2.02. The Labute approximate surface area is 70.8 Å². The van der Waals surface area contributed by atoms with E-state index in [1.165, 1.54) is 25.3 Å². The number of methoxy groups -OCH3 is 1. The van der Waals surface area contributed by atoms with E-state index in [0.717, 1.165) is 0 Å². The fourth-order valence-electron chi connectivity index (χ4n) is 0.966.